The topological polar surface area (TPSA) is 85.5 Å². The second-order valence-electron chi connectivity index (χ2n) is 12.7. The van der Waals surface area contributed by atoms with Crippen molar-refractivity contribution in [1.82, 2.24) is 20.1 Å². The largest absolute Gasteiger partial charge is 0.354 e. The van der Waals surface area contributed by atoms with E-state index in [2.05, 4.69) is 49.2 Å². The number of likely N-dealkylation sites (N-methyl/N-ethyl adjacent to an activating group) is 1. The summed E-state index contributed by atoms with van der Waals surface area (Å²) in [6.45, 7) is 7.64. The van der Waals surface area contributed by atoms with E-state index in [-0.39, 0.29) is 23.0 Å². The molecule has 0 saturated heterocycles. The molecule has 0 spiro atoms. The number of hydrogen-bond donors (Lipinski definition) is 2. The second kappa shape index (κ2) is 9.90. The summed E-state index contributed by atoms with van der Waals surface area (Å²) in [6, 6.07) is -0.557. The Labute approximate surface area is 220 Å². The van der Waals surface area contributed by atoms with E-state index in [0.717, 1.165) is 50.0 Å². The number of ketones is 1. The van der Waals surface area contributed by atoms with Gasteiger partial charge in [0.05, 0.1) is 0 Å². The third kappa shape index (κ3) is 5.47. The number of nitrogens with one attached hydrogen (secondary N) is 2. The van der Waals surface area contributed by atoms with Gasteiger partial charge in [0, 0.05) is 36.5 Å². The Morgan fingerprint density at radius 1 is 1.19 bits per heavy atom. The predicted molar refractivity (Wildman–Crippen MR) is 144 cm³/mol. The zero-order chi connectivity index (χ0) is 26.5. The van der Waals surface area contributed by atoms with Gasteiger partial charge in [0.25, 0.3) is 5.91 Å². The highest BCUT2D eigenvalue weighted by Gasteiger charge is 2.38. The van der Waals surface area contributed by atoms with E-state index in [4.69, 9.17) is 0 Å². The number of nitrogens with zero attached hydrogens (tertiary/aromatic N) is 2. The van der Waals surface area contributed by atoms with Crippen LogP contribution in [0.2, 0.25) is 0 Å². The van der Waals surface area contributed by atoms with Crippen LogP contribution in [-0.2, 0) is 11.2 Å². The van der Waals surface area contributed by atoms with Crippen LogP contribution in [0.25, 0.3) is 0 Å². The molecule has 1 unspecified atom stereocenters. The van der Waals surface area contributed by atoms with Gasteiger partial charge >= 0.3 is 0 Å². The molecule has 200 valence electrons. The van der Waals surface area contributed by atoms with Crippen LogP contribution in [0.3, 0.4) is 0 Å². The molecule has 7 heteroatoms. The van der Waals surface area contributed by atoms with Crippen LogP contribution in [0, 0.1) is 18.3 Å². The Balaban J connectivity index is 1.35. The predicted octanol–water partition coefficient (Wildman–Crippen LogP) is 4.54. The molecule has 0 bridgehead atoms. The molecule has 1 saturated carbocycles. The lowest BCUT2D eigenvalue weighted by atomic mass is 9.75. The molecule has 2 heterocycles. The first-order valence-electron chi connectivity index (χ1n) is 14.0. The van der Waals surface area contributed by atoms with Crippen molar-refractivity contribution < 1.29 is 14.4 Å². The molecule has 1 aromatic rings. The molecule has 3 aliphatic carbocycles. The van der Waals surface area contributed by atoms with Crippen molar-refractivity contribution in [1.29, 1.82) is 0 Å². The molecule has 1 aliphatic heterocycles. The number of amides is 2. The molecule has 5 rings (SSSR count). The standard InChI is InChI=1S/C30H42N4O3/c1-18-26-23(15-30(2,3)16-25(26)35)31-27(18)28(36)32-22(10-8-19-6-7-19)29(37)34-13-12-21-14-20(17-33(4)5)9-11-24(21)34/h14,19,22,31H,6-13,15-17H2,1-5H3,(H,32,36). The van der Waals surface area contributed by atoms with E-state index in [9.17, 15) is 14.4 Å². The molecule has 0 aromatic carbocycles. The van der Waals surface area contributed by atoms with E-state index >= 15 is 0 Å². The van der Waals surface area contributed by atoms with Gasteiger partial charge in [0.15, 0.2) is 5.78 Å². The fourth-order valence-electron chi connectivity index (χ4n) is 6.45. The number of aromatic nitrogens is 1. The lowest BCUT2D eigenvalue weighted by molar-refractivity contribution is -0.131. The van der Waals surface area contributed by atoms with Crippen molar-refractivity contribution >= 4 is 17.6 Å². The van der Waals surface area contributed by atoms with Crippen molar-refractivity contribution in [2.75, 3.05) is 27.2 Å². The number of fused-ring (bicyclic) bond motifs is 1. The van der Waals surface area contributed by atoms with E-state index in [1.54, 1.807) is 0 Å². The van der Waals surface area contributed by atoms with Crippen molar-refractivity contribution in [3.05, 3.63) is 45.4 Å². The molecule has 37 heavy (non-hydrogen) atoms. The van der Waals surface area contributed by atoms with Crippen LogP contribution in [0.15, 0.2) is 22.9 Å². The average Bonchev–Trinajstić information content (AvgIpc) is 3.45. The Morgan fingerprint density at radius 2 is 1.95 bits per heavy atom. The highest BCUT2D eigenvalue weighted by molar-refractivity contribution is 6.05. The third-order valence-electron chi connectivity index (χ3n) is 8.44. The number of H-pyrrole nitrogens is 1. The number of Topliss-reactive ketones (excluding diaryl/α,β-unsaturated/α-hetero) is 1. The first-order chi connectivity index (χ1) is 17.5. The number of carbonyl (C=O) groups excluding carboxylic acids is 3. The number of allylic oxidation sites excluding steroid dienone is 2. The third-order valence-corrected chi connectivity index (χ3v) is 8.44. The Kier molecular flexibility index (Phi) is 6.94. The zero-order valence-electron chi connectivity index (χ0n) is 23.1. The second-order valence-corrected chi connectivity index (χ2v) is 12.7. The summed E-state index contributed by atoms with van der Waals surface area (Å²) in [6.07, 6.45) is 10.3. The van der Waals surface area contributed by atoms with E-state index in [1.807, 2.05) is 11.8 Å². The van der Waals surface area contributed by atoms with Gasteiger partial charge in [0.2, 0.25) is 5.91 Å². The number of rotatable bonds is 8. The lowest BCUT2D eigenvalue weighted by Gasteiger charge is -2.28. The smallest absolute Gasteiger partial charge is 0.268 e. The van der Waals surface area contributed by atoms with Crippen LogP contribution >= 0.6 is 0 Å². The molecule has 4 aliphatic rings. The number of hydrogen-bond acceptors (Lipinski definition) is 4. The van der Waals surface area contributed by atoms with Crippen LogP contribution in [0.5, 0.6) is 0 Å². The Bertz CT molecular complexity index is 1180. The maximum absolute atomic E-state index is 13.9. The minimum absolute atomic E-state index is 0.00893. The van der Waals surface area contributed by atoms with Gasteiger partial charge in [-0.25, -0.2) is 0 Å². The SMILES string of the molecule is Cc1c(C(=O)NC(CCC2CC2)C(=O)N2CCC3=C2CCC(CN(C)C)=C3)[nH]c2c1C(=O)CC(C)(C)C2. The van der Waals surface area contributed by atoms with Crippen molar-refractivity contribution in [3.63, 3.8) is 0 Å². The fraction of sp³-hybridized carbons (Fsp3) is 0.633. The van der Waals surface area contributed by atoms with Gasteiger partial charge in [-0.15, -0.1) is 0 Å². The number of carbonyl (C=O) groups is 3. The summed E-state index contributed by atoms with van der Waals surface area (Å²) in [5, 5.41) is 3.09. The van der Waals surface area contributed by atoms with E-state index in [1.165, 1.54) is 24.0 Å². The summed E-state index contributed by atoms with van der Waals surface area (Å²) in [7, 11) is 4.17. The van der Waals surface area contributed by atoms with Crippen LogP contribution in [0.4, 0.5) is 0 Å². The maximum Gasteiger partial charge on any atom is 0.268 e. The Morgan fingerprint density at radius 3 is 2.65 bits per heavy atom. The van der Waals surface area contributed by atoms with E-state index in [0.29, 0.717) is 42.1 Å². The van der Waals surface area contributed by atoms with Crippen LogP contribution < -0.4 is 5.32 Å². The summed E-state index contributed by atoms with van der Waals surface area (Å²) in [5.74, 6) is 0.494. The molecule has 2 amide bonds. The van der Waals surface area contributed by atoms with Gasteiger partial charge < -0.3 is 20.1 Å². The van der Waals surface area contributed by atoms with Crippen LogP contribution in [0.1, 0.15) is 97.3 Å². The van der Waals surface area contributed by atoms with Gasteiger partial charge in [0.1, 0.15) is 11.7 Å². The highest BCUT2D eigenvalue weighted by Crippen LogP contribution is 2.38. The summed E-state index contributed by atoms with van der Waals surface area (Å²) >= 11 is 0. The molecule has 1 atom stereocenters. The van der Waals surface area contributed by atoms with Crippen molar-refractivity contribution in [2.45, 2.75) is 84.6 Å². The molecular weight excluding hydrogens is 464 g/mol. The quantitative estimate of drug-likeness (QED) is 0.542. The van der Waals surface area contributed by atoms with Crippen molar-refractivity contribution in [3.8, 4) is 0 Å². The monoisotopic (exact) mass is 506 g/mol. The fourth-order valence-corrected chi connectivity index (χ4v) is 6.45. The lowest BCUT2D eigenvalue weighted by Crippen LogP contribution is -2.48. The molecule has 0 radical (unpaired) electrons. The first kappa shape index (κ1) is 26.0. The molecule has 2 N–H and O–H groups in total. The summed E-state index contributed by atoms with van der Waals surface area (Å²) in [4.78, 5) is 47.6. The van der Waals surface area contributed by atoms with Crippen molar-refractivity contribution in [2.24, 2.45) is 11.3 Å². The van der Waals surface area contributed by atoms with E-state index < -0.39 is 6.04 Å². The maximum atomic E-state index is 13.9. The zero-order valence-corrected chi connectivity index (χ0v) is 23.1. The van der Waals surface area contributed by atoms with Gasteiger partial charge in [-0.1, -0.05) is 38.3 Å². The highest BCUT2D eigenvalue weighted by atomic mass is 16.2. The van der Waals surface area contributed by atoms with Gasteiger partial charge in [-0.2, -0.15) is 0 Å². The normalized spacial score (nSPS) is 21.6. The Hall–Kier alpha value is -2.67. The summed E-state index contributed by atoms with van der Waals surface area (Å²) in [5.41, 5.74) is 6.36. The average molecular weight is 507 g/mol. The molecular formula is C30H42N4O3. The molecule has 7 nitrogen and oxygen atoms in total. The minimum Gasteiger partial charge on any atom is -0.354 e. The van der Waals surface area contributed by atoms with Crippen LogP contribution in [-0.4, -0.2) is 65.6 Å². The van der Waals surface area contributed by atoms with Gasteiger partial charge in [-0.3, -0.25) is 14.4 Å². The summed E-state index contributed by atoms with van der Waals surface area (Å²) < 4.78 is 0. The molecule has 1 fully saturated rings. The number of aromatic amines is 1. The molecule has 1 aromatic heterocycles. The first-order valence-corrected chi connectivity index (χ1v) is 14.0. The van der Waals surface area contributed by atoms with Gasteiger partial charge in [-0.05, 0) is 82.0 Å². The minimum atomic E-state index is -0.557.